The molecule has 0 aliphatic heterocycles. The van der Waals surface area contributed by atoms with Gasteiger partial charge in [0.25, 0.3) is 0 Å². The number of aryl methyl sites for hydroxylation is 2. The van der Waals surface area contributed by atoms with Crippen LogP contribution >= 0.6 is 22.7 Å². The lowest BCUT2D eigenvalue weighted by Gasteiger charge is -2.13. The monoisotopic (exact) mass is 296 g/mol. The molecular weight excluding hydrogens is 276 g/mol. The van der Waals surface area contributed by atoms with Gasteiger partial charge in [-0.25, -0.2) is 9.97 Å². The Kier molecular flexibility index (Phi) is 4.90. The molecule has 2 aromatic rings. The third-order valence-electron chi connectivity index (χ3n) is 2.81. The minimum absolute atomic E-state index is 0.817. The van der Waals surface area contributed by atoms with E-state index in [0.29, 0.717) is 0 Å². The summed E-state index contributed by atoms with van der Waals surface area (Å²) >= 11 is 3.46. The molecule has 0 atom stereocenters. The van der Waals surface area contributed by atoms with E-state index in [4.69, 9.17) is 0 Å². The van der Waals surface area contributed by atoms with Crippen molar-refractivity contribution in [1.29, 1.82) is 0 Å². The maximum Gasteiger partial charge on any atom is 0.185 e. The maximum atomic E-state index is 4.65. The van der Waals surface area contributed by atoms with Crippen molar-refractivity contribution in [2.24, 2.45) is 0 Å². The first kappa shape index (κ1) is 14.4. The topological polar surface area (TPSA) is 41.0 Å². The number of nitrogens with one attached hydrogen (secondary N) is 1. The molecule has 0 fully saturated rings. The molecule has 0 saturated carbocycles. The number of hydrogen-bond donors (Lipinski definition) is 1. The van der Waals surface area contributed by atoms with Crippen LogP contribution in [0.25, 0.3) is 0 Å². The Bertz CT molecular complexity index is 532. The zero-order valence-corrected chi connectivity index (χ0v) is 13.5. The number of rotatable bonds is 6. The average molecular weight is 296 g/mol. The maximum absolute atomic E-state index is 4.65. The van der Waals surface area contributed by atoms with Gasteiger partial charge < -0.3 is 10.2 Å². The molecule has 0 amide bonds. The first-order valence-electron chi connectivity index (χ1n) is 6.39. The summed E-state index contributed by atoms with van der Waals surface area (Å²) < 4.78 is 0. The van der Waals surface area contributed by atoms with Gasteiger partial charge in [0, 0.05) is 23.8 Å². The van der Waals surface area contributed by atoms with Gasteiger partial charge >= 0.3 is 0 Å². The van der Waals surface area contributed by atoms with Gasteiger partial charge in [-0.2, -0.15) is 0 Å². The molecule has 104 valence electrons. The van der Waals surface area contributed by atoms with Crippen molar-refractivity contribution in [2.75, 3.05) is 18.5 Å². The Morgan fingerprint density at radius 2 is 2.11 bits per heavy atom. The third kappa shape index (κ3) is 3.75. The SMILES string of the molecule is CCNCc1sc(N(C)Cc2csc(C)n2)nc1C. The number of thiazole rings is 2. The minimum Gasteiger partial charge on any atom is -0.345 e. The summed E-state index contributed by atoms with van der Waals surface area (Å²) in [6.07, 6.45) is 0. The van der Waals surface area contributed by atoms with E-state index in [1.54, 1.807) is 22.7 Å². The first-order valence-corrected chi connectivity index (χ1v) is 8.09. The predicted molar refractivity (Wildman–Crippen MR) is 83.2 cm³/mol. The molecule has 6 heteroatoms. The van der Waals surface area contributed by atoms with E-state index in [2.05, 4.69) is 46.5 Å². The standard InChI is InChI=1S/C13H20N4S2/c1-5-14-6-12-9(2)15-13(19-12)17(4)7-11-8-18-10(3)16-11/h8,14H,5-7H2,1-4H3. The molecule has 0 unspecified atom stereocenters. The number of anilines is 1. The van der Waals surface area contributed by atoms with Gasteiger partial charge in [-0.05, 0) is 20.4 Å². The molecular formula is C13H20N4S2. The van der Waals surface area contributed by atoms with E-state index >= 15 is 0 Å². The van der Waals surface area contributed by atoms with Crippen LogP contribution in [0, 0.1) is 13.8 Å². The van der Waals surface area contributed by atoms with E-state index in [1.165, 1.54) is 4.88 Å². The van der Waals surface area contributed by atoms with E-state index < -0.39 is 0 Å². The van der Waals surface area contributed by atoms with Crippen molar-refractivity contribution in [3.8, 4) is 0 Å². The van der Waals surface area contributed by atoms with Crippen LogP contribution in [0.2, 0.25) is 0 Å². The summed E-state index contributed by atoms with van der Waals surface area (Å²) in [7, 11) is 2.07. The molecule has 4 nitrogen and oxygen atoms in total. The van der Waals surface area contributed by atoms with Crippen LogP contribution in [0.1, 0.15) is 28.2 Å². The normalized spacial score (nSPS) is 10.9. The molecule has 0 aliphatic rings. The highest BCUT2D eigenvalue weighted by Gasteiger charge is 2.12. The van der Waals surface area contributed by atoms with Gasteiger partial charge in [-0.1, -0.05) is 6.92 Å². The lowest BCUT2D eigenvalue weighted by Crippen LogP contribution is -2.16. The van der Waals surface area contributed by atoms with Crippen LogP contribution in [0.15, 0.2) is 5.38 Å². The second-order valence-electron chi connectivity index (χ2n) is 4.50. The zero-order chi connectivity index (χ0) is 13.8. The summed E-state index contributed by atoms with van der Waals surface area (Å²) in [5.74, 6) is 0. The molecule has 0 bridgehead atoms. The van der Waals surface area contributed by atoms with E-state index in [9.17, 15) is 0 Å². The van der Waals surface area contributed by atoms with E-state index in [-0.39, 0.29) is 0 Å². The van der Waals surface area contributed by atoms with Gasteiger partial charge in [-0.3, -0.25) is 0 Å². The van der Waals surface area contributed by atoms with Gasteiger partial charge in [0.15, 0.2) is 5.13 Å². The van der Waals surface area contributed by atoms with Crippen molar-refractivity contribution in [2.45, 2.75) is 33.9 Å². The lowest BCUT2D eigenvalue weighted by molar-refractivity contribution is 0.731. The van der Waals surface area contributed by atoms with Gasteiger partial charge in [-0.15, -0.1) is 22.7 Å². The Morgan fingerprint density at radius 1 is 1.32 bits per heavy atom. The Labute approximate surface area is 122 Å². The molecule has 0 aliphatic carbocycles. The molecule has 2 rings (SSSR count). The molecule has 2 heterocycles. The van der Waals surface area contributed by atoms with Gasteiger partial charge in [0.05, 0.1) is 22.9 Å². The summed E-state index contributed by atoms with van der Waals surface area (Å²) in [5, 5.41) is 7.65. The van der Waals surface area contributed by atoms with Crippen LogP contribution < -0.4 is 10.2 Å². The Hall–Kier alpha value is -0.980. The fourth-order valence-electron chi connectivity index (χ4n) is 1.77. The Morgan fingerprint density at radius 3 is 2.74 bits per heavy atom. The summed E-state index contributed by atoms with van der Waals surface area (Å²) in [6.45, 7) is 8.94. The van der Waals surface area contributed by atoms with Crippen LogP contribution in [-0.2, 0) is 13.1 Å². The van der Waals surface area contributed by atoms with Crippen molar-refractivity contribution in [1.82, 2.24) is 15.3 Å². The predicted octanol–water partition coefficient (Wildman–Crippen LogP) is 2.96. The van der Waals surface area contributed by atoms with Crippen LogP contribution in [0.4, 0.5) is 5.13 Å². The molecule has 2 aromatic heterocycles. The quantitative estimate of drug-likeness (QED) is 0.890. The van der Waals surface area contributed by atoms with Crippen molar-refractivity contribution in [3.63, 3.8) is 0 Å². The summed E-state index contributed by atoms with van der Waals surface area (Å²) in [6, 6.07) is 0. The van der Waals surface area contributed by atoms with E-state index in [1.807, 2.05) is 6.92 Å². The largest absolute Gasteiger partial charge is 0.345 e. The average Bonchev–Trinajstić information content (AvgIpc) is 2.93. The zero-order valence-electron chi connectivity index (χ0n) is 11.9. The van der Waals surface area contributed by atoms with Gasteiger partial charge in [0.1, 0.15) is 0 Å². The summed E-state index contributed by atoms with van der Waals surface area (Å²) in [5.41, 5.74) is 2.24. The fourth-order valence-corrected chi connectivity index (χ4v) is 3.36. The van der Waals surface area contributed by atoms with Crippen LogP contribution in [-0.4, -0.2) is 23.6 Å². The molecule has 0 aromatic carbocycles. The van der Waals surface area contributed by atoms with Crippen LogP contribution in [0.5, 0.6) is 0 Å². The van der Waals surface area contributed by atoms with Crippen LogP contribution in [0.3, 0.4) is 0 Å². The van der Waals surface area contributed by atoms with Crippen molar-refractivity contribution in [3.05, 3.63) is 26.7 Å². The lowest BCUT2D eigenvalue weighted by atomic mass is 10.4. The molecule has 0 radical (unpaired) electrons. The second-order valence-corrected chi connectivity index (χ2v) is 6.62. The number of nitrogens with zero attached hydrogens (tertiary/aromatic N) is 3. The highest BCUT2D eigenvalue weighted by Crippen LogP contribution is 2.26. The summed E-state index contributed by atoms with van der Waals surface area (Å²) in [4.78, 5) is 12.6. The minimum atomic E-state index is 0.817. The molecule has 0 saturated heterocycles. The van der Waals surface area contributed by atoms with E-state index in [0.717, 1.165) is 41.2 Å². The highest BCUT2D eigenvalue weighted by molar-refractivity contribution is 7.15. The van der Waals surface area contributed by atoms with Gasteiger partial charge in [0.2, 0.25) is 0 Å². The third-order valence-corrected chi connectivity index (χ3v) is 4.90. The Balaban J connectivity index is 2.04. The molecule has 1 N–H and O–H groups in total. The molecule has 19 heavy (non-hydrogen) atoms. The highest BCUT2D eigenvalue weighted by atomic mass is 32.1. The second kappa shape index (κ2) is 6.45. The fraction of sp³-hybridized carbons (Fsp3) is 0.538. The smallest absolute Gasteiger partial charge is 0.185 e. The first-order chi connectivity index (χ1) is 9.10. The van der Waals surface area contributed by atoms with Crippen molar-refractivity contribution >= 4 is 27.8 Å². The molecule has 0 spiro atoms. The van der Waals surface area contributed by atoms with Crippen molar-refractivity contribution < 1.29 is 0 Å². The number of hydrogen-bond acceptors (Lipinski definition) is 6. The number of aromatic nitrogens is 2.